The molecule has 0 spiro atoms. The minimum Gasteiger partial charge on any atom is -0.493 e. The van der Waals surface area contributed by atoms with E-state index in [-0.39, 0.29) is 12.3 Å². The lowest BCUT2D eigenvalue weighted by Gasteiger charge is -2.12. The van der Waals surface area contributed by atoms with Gasteiger partial charge < -0.3 is 19.5 Å². The number of nitrogens with zero attached hydrogens (tertiary/aromatic N) is 1. The summed E-state index contributed by atoms with van der Waals surface area (Å²) in [6.07, 6.45) is 6.68. The van der Waals surface area contributed by atoms with E-state index in [0.29, 0.717) is 20.6 Å². The van der Waals surface area contributed by atoms with Gasteiger partial charge in [0.1, 0.15) is 18.8 Å². The van der Waals surface area contributed by atoms with Gasteiger partial charge in [-0.3, -0.25) is 9.59 Å². The van der Waals surface area contributed by atoms with Gasteiger partial charge in [0.2, 0.25) is 0 Å². The van der Waals surface area contributed by atoms with Gasteiger partial charge in [-0.1, -0.05) is 5.92 Å². The number of imide groups is 1. The van der Waals surface area contributed by atoms with Gasteiger partial charge in [0.15, 0.2) is 11.5 Å². The van der Waals surface area contributed by atoms with E-state index in [0.717, 1.165) is 4.90 Å². The minimum atomic E-state index is -0.694. The number of urea groups is 1. The summed E-state index contributed by atoms with van der Waals surface area (Å²) in [7, 11) is 2.65. The van der Waals surface area contributed by atoms with Crippen LogP contribution >= 0.6 is 22.6 Å². The van der Waals surface area contributed by atoms with Crippen molar-refractivity contribution >= 4 is 46.6 Å². The molecule has 1 saturated heterocycles. The Bertz CT molecular complexity index is 827. The van der Waals surface area contributed by atoms with Gasteiger partial charge in [0, 0.05) is 0 Å². The lowest BCUT2D eigenvalue weighted by atomic mass is 10.1. The number of carbonyl (C=O) groups excluding carboxylic acids is 3. The van der Waals surface area contributed by atoms with E-state index in [1.165, 1.54) is 20.3 Å². The molecule has 0 saturated carbocycles. The molecule has 136 valence electrons. The second-order valence-electron chi connectivity index (χ2n) is 4.98. The first-order chi connectivity index (χ1) is 12.4. The Morgan fingerprint density at radius 3 is 2.73 bits per heavy atom. The van der Waals surface area contributed by atoms with Crippen molar-refractivity contribution in [2.45, 2.75) is 0 Å². The SMILES string of the molecule is C#CCOc1c(I)cc(/C=C2/NC(=O)N(CC(=O)OC)C2=O)cc1OC. The van der Waals surface area contributed by atoms with Crippen LogP contribution in [0.1, 0.15) is 5.56 Å². The predicted molar refractivity (Wildman–Crippen MR) is 100 cm³/mol. The van der Waals surface area contributed by atoms with Crippen molar-refractivity contribution in [3.8, 4) is 23.8 Å². The highest BCUT2D eigenvalue weighted by Crippen LogP contribution is 2.34. The quantitative estimate of drug-likeness (QED) is 0.222. The van der Waals surface area contributed by atoms with Gasteiger partial charge in [0.25, 0.3) is 5.91 Å². The van der Waals surface area contributed by atoms with Crippen molar-refractivity contribution in [1.82, 2.24) is 10.2 Å². The molecule has 1 aromatic rings. The van der Waals surface area contributed by atoms with Gasteiger partial charge >= 0.3 is 12.0 Å². The molecule has 2 rings (SSSR count). The molecule has 0 atom stereocenters. The number of halogens is 1. The van der Waals surface area contributed by atoms with Crippen LogP contribution in [-0.4, -0.2) is 50.2 Å². The molecule has 0 radical (unpaired) electrons. The van der Waals surface area contributed by atoms with Crippen LogP contribution in [0.3, 0.4) is 0 Å². The first kappa shape index (κ1) is 19.6. The fourth-order valence-electron chi connectivity index (χ4n) is 2.15. The van der Waals surface area contributed by atoms with Crippen molar-refractivity contribution in [3.05, 3.63) is 27.0 Å². The number of hydrogen-bond acceptors (Lipinski definition) is 6. The summed E-state index contributed by atoms with van der Waals surface area (Å²) in [5, 5.41) is 2.43. The molecule has 0 aliphatic carbocycles. The van der Waals surface area contributed by atoms with E-state index in [9.17, 15) is 14.4 Å². The summed E-state index contributed by atoms with van der Waals surface area (Å²) in [5.74, 6) is 1.98. The van der Waals surface area contributed by atoms with E-state index in [1.807, 2.05) is 22.6 Å². The number of nitrogens with one attached hydrogen (secondary N) is 1. The number of terminal acetylenes is 1. The summed E-state index contributed by atoms with van der Waals surface area (Å²) < 4.78 is 15.9. The predicted octanol–water partition coefficient (Wildman–Crippen LogP) is 1.38. The number of amides is 3. The molecule has 26 heavy (non-hydrogen) atoms. The van der Waals surface area contributed by atoms with Crippen LogP contribution in [0, 0.1) is 15.9 Å². The van der Waals surface area contributed by atoms with Crippen LogP contribution in [0.25, 0.3) is 6.08 Å². The molecule has 1 heterocycles. The van der Waals surface area contributed by atoms with E-state index < -0.39 is 24.5 Å². The fourth-order valence-corrected chi connectivity index (χ4v) is 2.93. The lowest BCUT2D eigenvalue weighted by molar-refractivity contribution is -0.143. The summed E-state index contributed by atoms with van der Waals surface area (Å²) in [5.41, 5.74) is 0.636. The molecule has 1 N–H and O–H groups in total. The Balaban J connectivity index is 2.31. The summed E-state index contributed by atoms with van der Waals surface area (Å²) in [6, 6.07) is 2.69. The maximum Gasteiger partial charge on any atom is 0.329 e. The first-order valence-electron chi connectivity index (χ1n) is 7.26. The van der Waals surface area contributed by atoms with Crippen LogP contribution in [0.5, 0.6) is 11.5 Å². The zero-order chi connectivity index (χ0) is 19.3. The monoisotopic (exact) mass is 470 g/mol. The summed E-state index contributed by atoms with van der Waals surface area (Å²) >= 11 is 2.05. The van der Waals surface area contributed by atoms with Crippen LogP contribution in [-0.2, 0) is 14.3 Å². The van der Waals surface area contributed by atoms with Crippen LogP contribution in [0.2, 0.25) is 0 Å². The van der Waals surface area contributed by atoms with Gasteiger partial charge in [-0.05, 0) is 46.4 Å². The van der Waals surface area contributed by atoms with Crippen molar-refractivity contribution in [3.63, 3.8) is 0 Å². The zero-order valence-electron chi connectivity index (χ0n) is 14.0. The molecule has 1 aliphatic heterocycles. The van der Waals surface area contributed by atoms with Crippen molar-refractivity contribution in [1.29, 1.82) is 0 Å². The minimum absolute atomic E-state index is 0.0362. The van der Waals surface area contributed by atoms with Gasteiger partial charge in [-0.25, -0.2) is 9.69 Å². The molecule has 8 nitrogen and oxygen atoms in total. The van der Waals surface area contributed by atoms with Crippen molar-refractivity contribution in [2.24, 2.45) is 0 Å². The number of benzene rings is 1. The highest BCUT2D eigenvalue weighted by Gasteiger charge is 2.35. The average molecular weight is 470 g/mol. The normalized spacial score (nSPS) is 14.8. The molecule has 9 heteroatoms. The summed E-state index contributed by atoms with van der Waals surface area (Å²) in [4.78, 5) is 36.3. The molecule has 0 bridgehead atoms. The largest absolute Gasteiger partial charge is 0.493 e. The smallest absolute Gasteiger partial charge is 0.329 e. The fraction of sp³-hybridized carbons (Fsp3) is 0.235. The maximum absolute atomic E-state index is 12.3. The third-order valence-electron chi connectivity index (χ3n) is 3.34. The highest BCUT2D eigenvalue weighted by molar-refractivity contribution is 14.1. The molecule has 1 aliphatic rings. The van der Waals surface area contributed by atoms with Crippen molar-refractivity contribution in [2.75, 3.05) is 27.4 Å². The number of hydrogen-bond donors (Lipinski definition) is 1. The number of ether oxygens (including phenoxy) is 3. The standard InChI is InChI=1S/C17H15IN2O6/c1-4-5-26-15-11(18)6-10(8-13(15)24-2)7-12-16(22)20(17(23)19-12)9-14(21)25-3/h1,6-8H,5,9H2,2-3H3,(H,19,23)/b12-7+. The molecule has 0 unspecified atom stereocenters. The number of rotatable bonds is 6. The van der Waals surface area contributed by atoms with Crippen LogP contribution in [0.4, 0.5) is 4.79 Å². The first-order valence-corrected chi connectivity index (χ1v) is 8.34. The molecule has 0 aromatic heterocycles. The Hall–Kier alpha value is -2.74. The molecular formula is C17H15IN2O6. The molecule has 3 amide bonds. The molecular weight excluding hydrogens is 455 g/mol. The average Bonchev–Trinajstić information content (AvgIpc) is 2.87. The number of carbonyl (C=O) groups is 3. The Morgan fingerprint density at radius 2 is 2.12 bits per heavy atom. The second-order valence-corrected chi connectivity index (χ2v) is 6.14. The third kappa shape index (κ3) is 4.26. The Morgan fingerprint density at radius 1 is 1.38 bits per heavy atom. The number of methoxy groups -OCH3 is 2. The Labute approximate surface area is 163 Å². The maximum atomic E-state index is 12.3. The van der Waals surface area contributed by atoms with E-state index >= 15 is 0 Å². The van der Waals surface area contributed by atoms with Crippen molar-refractivity contribution < 1.29 is 28.6 Å². The second kappa shape index (κ2) is 8.57. The van der Waals surface area contributed by atoms with Gasteiger partial charge in [-0.15, -0.1) is 6.42 Å². The molecule has 1 aromatic carbocycles. The van der Waals surface area contributed by atoms with Crippen LogP contribution in [0.15, 0.2) is 17.8 Å². The lowest BCUT2D eigenvalue weighted by Crippen LogP contribution is -2.36. The topological polar surface area (TPSA) is 94.2 Å². The van der Waals surface area contributed by atoms with Gasteiger partial charge in [0.05, 0.1) is 17.8 Å². The third-order valence-corrected chi connectivity index (χ3v) is 4.14. The molecule has 1 fully saturated rings. The Kier molecular flexibility index (Phi) is 6.46. The van der Waals surface area contributed by atoms with Crippen LogP contribution < -0.4 is 14.8 Å². The van der Waals surface area contributed by atoms with E-state index in [2.05, 4.69) is 16.0 Å². The van der Waals surface area contributed by atoms with E-state index in [1.54, 1.807) is 12.1 Å². The summed E-state index contributed by atoms with van der Waals surface area (Å²) in [6.45, 7) is -0.373. The highest BCUT2D eigenvalue weighted by atomic mass is 127. The van der Waals surface area contributed by atoms with E-state index in [4.69, 9.17) is 15.9 Å². The zero-order valence-corrected chi connectivity index (χ0v) is 16.2. The van der Waals surface area contributed by atoms with Gasteiger partial charge in [-0.2, -0.15) is 0 Å². The number of esters is 1.